The van der Waals surface area contributed by atoms with Gasteiger partial charge in [0.15, 0.2) is 11.5 Å². The number of hydrazine groups is 2. The first-order valence-corrected chi connectivity index (χ1v) is 29.4. The number of aromatic nitrogens is 6. The Bertz CT molecular complexity index is 4580. The summed E-state index contributed by atoms with van der Waals surface area (Å²) < 4.78 is 114. The van der Waals surface area contributed by atoms with Crippen LogP contribution in [0.25, 0.3) is 21.5 Å². The number of phenols is 2. The number of rotatable bonds is 27. The second kappa shape index (κ2) is 35.4. The number of carboxylic acid groups (broad SMARTS) is 1. The number of nitrogens with zero attached hydrogens (tertiary/aromatic N) is 10. The summed E-state index contributed by atoms with van der Waals surface area (Å²) in [6.07, 6.45) is 0.804. The number of benzene rings is 6. The summed E-state index contributed by atoms with van der Waals surface area (Å²) in [5.74, 6) is 2.80. The molecule has 0 aliphatic heterocycles. The van der Waals surface area contributed by atoms with E-state index in [0.29, 0.717) is 12.0 Å². The minimum atomic E-state index is -5.41. The molecule has 94 heavy (non-hydrogen) atoms. The Hall–Kier alpha value is -6.58. The van der Waals surface area contributed by atoms with Gasteiger partial charge in [0.2, 0.25) is 35.6 Å². The summed E-state index contributed by atoms with van der Waals surface area (Å²) in [5.41, 5.74) is 6.59. The first-order valence-electron chi connectivity index (χ1n) is 24.4. The minimum Gasteiger partial charge on any atom is -0.744 e. The molecule has 47 heteroatoms. The fraction of sp³-hybridized carbons (Fsp3) is 0.106. The quantitative estimate of drug-likeness (QED) is 0.00435. The Morgan fingerprint density at radius 3 is 1.80 bits per heavy atom. The number of unbranched alkanes of at least 4 members (excludes halogenated alkanes) is 1. The predicted molar refractivity (Wildman–Crippen MR) is 298 cm³/mol. The van der Waals surface area contributed by atoms with E-state index in [9.17, 15) is 74.1 Å². The smallest absolute Gasteiger partial charge is 0.744 e. The normalized spacial score (nSPS) is 11.3. The Kier molecular flexibility index (Phi) is 30.1. The van der Waals surface area contributed by atoms with E-state index < -0.39 is 114 Å². The first kappa shape index (κ1) is 79.9. The Labute approximate surface area is 621 Å². The van der Waals surface area contributed by atoms with Crippen LogP contribution in [0.15, 0.2) is 131 Å². The fourth-order valence-electron chi connectivity index (χ4n) is 7.83. The molecule has 8 rings (SSSR count). The summed E-state index contributed by atoms with van der Waals surface area (Å²) in [4.78, 5) is 74.7. The second-order valence-electron chi connectivity index (χ2n) is 17.5. The predicted octanol–water partition coefficient (Wildman–Crippen LogP) is -9.72. The number of nitrogens with two attached hydrogens (primary N) is 2. The van der Waals surface area contributed by atoms with Gasteiger partial charge < -0.3 is 54.7 Å². The van der Waals surface area contributed by atoms with E-state index in [-0.39, 0.29) is 212 Å². The Morgan fingerprint density at radius 1 is 0.649 bits per heavy atom. The number of carboxylic acids is 1. The number of carbonyl (C=O) groups excluding carboxylic acids is 4. The van der Waals surface area contributed by atoms with Gasteiger partial charge in [-0.15, -0.1) is 15.3 Å². The maximum Gasteiger partial charge on any atom is 1.00 e. The molecule has 0 fully saturated rings. The van der Waals surface area contributed by atoms with Crippen LogP contribution in [0.1, 0.15) is 46.4 Å². The molecule has 6 aromatic carbocycles. The first-order chi connectivity index (χ1) is 42.8. The van der Waals surface area contributed by atoms with E-state index in [0.717, 1.165) is 42.7 Å². The van der Waals surface area contributed by atoms with Crippen LogP contribution >= 0.6 is 12.0 Å². The molecule has 0 unspecified atom stereocenters. The van der Waals surface area contributed by atoms with Crippen LogP contribution in [0, 0.1) is 0 Å². The SMILES string of the molecule is COc1nc(NNC(=O)CCCCC(=O)NNc2ncnc(Nc3cc(S(=O)(=O)[O-])cc4cc(S(=O)(=O)ON)c(N=Nc5ccccc5C(=O)ON)c(O)c34)n2)nc(Nc2cc(SOO[O-])cc3cc(S(=O)(=O)[O-])c(N=Nc4ccc(C(=O)[O-])cc4)c(O)c23)n1.[Na+].[Na+].[Na+].[Na+]. The Balaban J connectivity index is 0.00000470. The third kappa shape index (κ3) is 20.5. The van der Waals surface area contributed by atoms with E-state index in [1.54, 1.807) is 0 Å². The number of azo groups is 2. The summed E-state index contributed by atoms with van der Waals surface area (Å²) in [7, 11) is -14.6. The van der Waals surface area contributed by atoms with E-state index in [2.05, 4.69) is 101 Å². The van der Waals surface area contributed by atoms with E-state index in [1.807, 2.05) is 0 Å². The van der Waals surface area contributed by atoms with Crippen molar-refractivity contribution in [2.75, 3.05) is 28.6 Å². The number of fused-ring (bicyclic) bond motifs is 2. The van der Waals surface area contributed by atoms with Crippen LogP contribution < -0.4 is 177 Å². The maximum absolute atomic E-state index is 13.0. The molecule has 0 aliphatic carbocycles. The second-order valence-corrected chi connectivity index (χ2v) is 22.6. The zero-order valence-electron chi connectivity index (χ0n) is 48.9. The van der Waals surface area contributed by atoms with Gasteiger partial charge in [-0.25, -0.2) is 26.6 Å². The third-order valence-corrected chi connectivity index (χ3v) is 15.1. The van der Waals surface area contributed by atoms with Crippen molar-refractivity contribution in [1.29, 1.82) is 0 Å². The van der Waals surface area contributed by atoms with Gasteiger partial charge in [-0.3, -0.25) is 36.3 Å². The molecule has 470 valence electrons. The van der Waals surface area contributed by atoms with Gasteiger partial charge in [0.05, 0.1) is 57.5 Å². The molecule has 0 spiro atoms. The number of carbonyl (C=O) groups is 4. The van der Waals surface area contributed by atoms with Gasteiger partial charge in [-0.05, 0) is 89.8 Å². The summed E-state index contributed by atoms with van der Waals surface area (Å²) in [6, 6.07) is 15.1. The van der Waals surface area contributed by atoms with Crippen molar-refractivity contribution in [3.05, 3.63) is 102 Å². The largest absolute Gasteiger partial charge is 1.00 e. The molecule has 0 atom stereocenters. The number of methoxy groups -OCH3 is 1. The molecule has 39 nitrogen and oxygen atoms in total. The molecule has 0 aliphatic rings. The zero-order chi connectivity index (χ0) is 65.1. The van der Waals surface area contributed by atoms with Crippen LogP contribution in [0.5, 0.6) is 17.5 Å². The van der Waals surface area contributed by atoms with Crippen LogP contribution in [0.4, 0.5) is 57.9 Å². The van der Waals surface area contributed by atoms with E-state index in [4.69, 9.17) is 16.5 Å². The van der Waals surface area contributed by atoms with Crippen LogP contribution in [0.3, 0.4) is 0 Å². The maximum atomic E-state index is 13.0. The number of hydrogen-bond donors (Lipinski definition) is 10. The fourth-order valence-corrected chi connectivity index (χ4v) is 10.2. The number of nitrogens with one attached hydrogen (secondary N) is 6. The van der Waals surface area contributed by atoms with Crippen LogP contribution in [-0.4, -0.2) is 105 Å². The average Bonchev–Trinajstić information content (AvgIpc) is 0.757. The van der Waals surface area contributed by atoms with Gasteiger partial charge in [0.25, 0.3) is 0 Å². The van der Waals surface area contributed by atoms with Gasteiger partial charge in [0.1, 0.15) is 48.5 Å². The minimum absolute atomic E-state index is 0. The molecular formula is C47H38N18Na4O21S4. The number of aromatic hydroxyl groups is 2. The number of amides is 2. The van der Waals surface area contributed by atoms with Crippen molar-refractivity contribution in [2.24, 2.45) is 32.3 Å². The van der Waals surface area contributed by atoms with Gasteiger partial charge in [-0.2, -0.15) is 58.9 Å². The number of aromatic carboxylic acids is 1. The summed E-state index contributed by atoms with van der Waals surface area (Å²) in [5, 5.41) is 68.1. The number of hydrogen-bond acceptors (Lipinski definition) is 38. The van der Waals surface area contributed by atoms with Gasteiger partial charge in [0, 0.05) is 28.5 Å². The molecule has 0 saturated carbocycles. The number of phenolic OH excluding ortho intramolecular Hbond substituents is 2. The molecule has 0 radical (unpaired) electrons. The number of anilines is 6. The van der Waals surface area contributed by atoms with Crippen molar-refractivity contribution in [3.63, 3.8) is 0 Å². The molecular weight excluding hydrogens is 1370 g/mol. The number of ether oxygens (including phenoxy) is 1. The molecule has 0 saturated heterocycles. The van der Waals surface area contributed by atoms with Crippen molar-refractivity contribution < 1.29 is 216 Å². The van der Waals surface area contributed by atoms with Crippen molar-refractivity contribution in [3.8, 4) is 17.5 Å². The average molecular weight is 1410 g/mol. The topological polar surface area (TPSA) is 601 Å². The molecule has 2 amide bonds. The Morgan fingerprint density at radius 2 is 1.20 bits per heavy atom. The molecule has 12 N–H and O–H groups in total. The molecule has 8 aromatic rings. The standard InChI is InChI=1S/C47H42N18O21S4.4Na/c1-82-47-56-45(53-29-18-25(87-86-85-73)14-22-16-31(89(77,78)79)37(39(68)35(22)29)62-58-24-12-10-21(11-13-24)41(70)71)55-46(57-47)65-61-34(67)9-5-4-8-33(66)60-64-44-51-20-50-43(54-44)52-30-19-26(88(74,75)76)15-23-17-32(90(80,81)84-49)38(40(69)36(23)30)63-59-28-7-3-2-6-27(28)42(72)83-48;;;;/h2-3,6-7,10-20,68-69,73H,4-5,8-9,48-49H2,1H3,(H,60,66)(H,61,67)(H,70,71)(H,74,75,76)(H,77,78,79)(H2,50,51,52,54,64)(H2,53,55,56,57,65);;;;/q;4*+1/p-4. The van der Waals surface area contributed by atoms with Gasteiger partial charge >= 0.3 is 140 Å². The van der Waals surface area contributed by atoms with Crippen molar-refractivity contribution in [1.82, 2.24) is 40.8 Å². The monoisotopic (exact) mass is 1410 g/mol. The molecule has 2 heterocycles. The summed E-state index contributed by atoms with van der Waals surface area (Å²) >= 11 is 0.332. The molecule has 2 aromatic heterocycles. The van der Waals surface area contributed by atoms with E-state index in [1.165, 1.54) is 55.6 Å². The summed E-state index contributed by atoms with van der Waals surface area (Å²) in [6.45, 7) is 0. The third-order valence-electron chi connectivity index (χ3n) is 11.8. The van der Waals surface area contributed by atoms with Gasteiger partial charge in [-0.1, -0.05) is 24.3 Å². The van der Waals surface area contributed by atoms with Crippen molar-refractivity contribution in [2.45, 2.75) is 45.3 Å². The van der Waals surface area contributed by atoms with Crippen LogP contribution in [-0.2, 0) is 58.4 Å². The zero-order valence-corrected chi connectivity index (χ0v) is 60.2. The van der Waals surface area contributed by atoms with E-state index >= 15 is 0 Å². The van der Waals surface area contributed by atoms with Crippen LogP contribution in [0.2, 0.25) is 0 Å². The molecule has 0 bridgehead atoms. The van der Waals surface area contributed by atoms with Crippen molar-refractivity contribution >= 4 is 146 Å².